The molecule has 0 spiro atoms. The first-order valence-corrected chi connectivity index (χ1v) is 10.9. The van der Waals surface area contributed by atoms with Gasteiger partial charge < -0.3 is 16.0 Å². The minimum absolute atomic E-state index is 0.182. The number of hydrogen-bond acceptors (Lipinski definition) is 5. The largest absolute Gasteiger partial charge is 0.368 e. The van der Waals surface area contributed by atoms with Gasteiger partial charge in [-0.2, -0.15) is 0 Å². The molecule has 4 rings (SSSR count). The first-order chi connectivity index (χ1) is 16.0. The van der Waals surface area contributed by atoms with E-state index in [-0.39, 0.29) is 18.4 Å². The lowest BCUT2D eigenvalue weighted by Crippen LogP contribution is -2.35. The molecular weight excluding hydrogens is 418 g/mol. The summed E-state index contributed by atoms with van der Waals surface area (Å²) in [4.78, 5) is 45.9. The standard InChI is InChI=1S/C25H25N5O3/c26-22(31)16-28-25(33)19-8-6-18(7-9-19)21-12-13-27-23(29-21)15-17-4-10-20(11-5-17)30-14-2-1-3-24(30)32/h4-13H,1-3,14-16H2,(H2,26,31)(H,28,33). The van der Waals surface area contributed by atoms with Gasteiger partial charge in [-0.15, -0.1) is 0 Å². The normalized spacial score (nSPS) is 13.6. The number of nitrogens with zero attached hydrogens (tertiary/aromatic N) is 3. The van der Waals surface area contributed by atoms with Crippen LogP contribution in [0.4, 0.5) is 5.69 Å². The Labute approximate surface area is 191 Å². The van der Waals surface area contributed by atoms with Gasteiger partial charge in [-0.3, -0.25) is 14.4 Å². The van der Waals surface area contributed by atoms with E-state index in [9.17, 15) is 14.4 Å². The SMILES string of the molecule is NC(=O)CNC(=O)c1ccc(-c2ccnc(Cc3ccc(N4CCCCC4=O)cc3)n2)cc1. The summed E-state index contributed by atoms with van der Waals surface area (Å²) in [6.07, 6.45) is 4.89. The highest BCUT2D eigenvalue weighted by atomic mass is 16.2. The van der Waals surface area contributed by atoms with Crippen molar-refractivity contribution >= 4 is 23.4 Å². The van der Waals surface area contributed by atoms with Crippen LogP contribution in [0.1, 0.15) is 41.0 Å². The van der Waals surface area contributed by atoms with E-state index < -0.39 is 5.91 Å². The second-order valence-electron chi connectivity index (χ2n) is 7.93. The van der Waals surface area contributed by atoms with Crippen LogP contribution in [-0.4, -0.2) is 40.8 Å². The molecule has 2 heterocycles. The fraction of sp³-hybridized carbons (Fsp3) is 0.240. The lowest BCUT2D eigenvalue weighted by molar-refractivity contribution is -0.119. The number of hydrogen-bond donors (Lipinski definition) is 2. The quantitative estimate of drug-likeness (QED) is 0.582. The molecule has 8 nitrogen and oxygen atoms in total. The Bertz CT molecular complexity index is 1160. The molecule has 0 unspecified atom stereocenters. The first-order valence-electron chi connectivity index (χ1n) is 10.9. The number of anilines is 1. The topological polar surface area (TPSA) is 118 Å². The van der Waals surface area contributed by atoms with Crippen molar-refractivity contribution in [3.63, 3.8) is 0 Å². The minimum atomic E-state index is -0.594. The molecule has 3 amide bonds. The van der Waals surface area contributed by atoms with Crippen LogP contribution in [0.25, 0.3) is 11.3 Å². The van der Waals surface area contributed by atoms with Crippen molar-refractivity contribution in [2.24, 2.45) is 5.73 Å². The zero-order valence-corrected chi connectivity index (χ0v) is 18.2. The van der Waals surface area contributed by atoms with Gasteiger partial charge in [0.1, 0.15) is 5.82 Å². The van der Waals surface area contributed by atoms with Gasteiger partial charge in [0.15, 0.2) is 0 Å². The third-order valence-corrected chi connectivity index (χ3v) is 5.51. The summed E-state index contributed by atoms with van der Waals surface area (Å²) in [7, 11) is 0. The average molecular weight is 444 g/mol. The van der Waals surface area contributed by atoms with Crippen LogP contribution in [-0.2, 0) is 16.0 Å². The van der Waals surface area contributed by atoms with E-state index in [0.29, 0.717) is 24.2 Å². The number of piperidine rings is 1. The third-order valence-electron chi connectivity index (χ3n) is 5.51. The molecule has 8 heteroatoms. The smallest absolute Gasteiger partial charge is 0.251 e. The molecule has 1 aromatic heterocycles. The summed E-state index contributed by atoms with van der Waals surface area (Å²) >= 11 is 0. The highest BCUT2D eigenvalue weighted by Gasteiger charge is 2.19. The maximum Gasteiger partial charge on any atom is 0.251 e. The molecular formula is C25H25N5O3. The van der Waals surface area contributed by atoms with Gasteiger partial charge in [0.05, 0.1) is 12.2 Å². The molecule has 0 atom stereocenters. The monoisotopic (exact) mass is 443 g/mol. The number of primary amides is 1. The maximum atomic E-state index is 12.1. The summed E-state index contributed by atoms with van der Waals surface area (Å²) in [5.74, 6) is -0.0967. The lowest BCUT2D eigenvalue weighted by atomic mass is 10.1. The third kappa shape index (κ3) is 5.60. The molecule has 1 aliphatic heterocycles. The van der Waals surface area contributed by atoms with Crippen molar-refractivity contribution in [2.45, 2.75) is 25.7 Å². The second-order valence-corrected chi connectivity index (χ2v) is 7.93. The summed E-state index contributed by atoms with van der Waals surface area (Å²) in [6, 6.07) is 16.7. The molecule has 1 aliphatic rings. The van der Waals surface area contributed by atoms with Gasteiger partial charge >= 0.3 is 0 Å². The highest BCUT2D eigenvalue weighted by molar-refractivity contribution is 5.96. The molecule has 0 radical (unpaired) electrons. The number of aromatic nitrogens is 2. The van der Waals surface area contributed by atoms with E-state index in [1.807, 2.05) is 35.2 Å². The number of amides is 3. The van der Waals surface area contributed by atoms with Crippen molar-refractivity contribution in [1.82, 2.24) is 15.3 Å². The van der Waals surface area contributed by atoms with Gasteiger partial charge in [0.2, 0.25) is 11.8 Å². The van der Waals surface area contributed by atoms with Crippen molar-refractivity contribution < 1.29 is 14.4 Å². The van der Waals surface area contributed by atoms with E-state index in [2.05, 4.69) is 15.3 Å². The molecule has 1 saturated heterocycles. The minimum Gasteiger partial charge on any atom is -0.368 e. The van der Waals surface area contributed by atoms with Crippen LogP contribution in [0.5, 0.6) is 0 Å². The van der Waals surface area contributed by atoms with Crippen molar-refractivity contribution in [1.29, 1.82) is 0 Å². The van der Waals surface area contributed by atoms with E-state index in [4.69, 9.17) is 5.73 Å². The Balaban J connectivity index is 1.43. The maximum absolute atomic E-state index is 12.1. The summed E-state index contributed by atoms with van der Waals surface area (Å²) in [5.41, 5.74) is 9.07. The first kappa shape index (κ1) is 22.1. The zero-order chi connectivity index (χ0) is 23.2. The fourth-order valence-electron chi connectivity index (χ4n) is 3.76. The Kier molecular flexibility index (Phi) is 6.73. The van der Waals surface area contributed by atoms with E-state index in [1.165, 1.54) is 0 Å². The summed E-state index contributed by atoms with van der Waals surface area (Å²) < 4.78 is 0. The van der Waals surface area contributed by atoms with Crippen LogP contribution >= 0.6 is 0 Å². The van der Waals surface area contributed by atoms with Crippen LogP contribution < -0.4 is 16.0 Å². The van der Waals surface area contributed by atoms with Gasteiger partial charge in [-0.05, 0) is 48.7 Å². The highest BCUT2D eigenvalue weighted by Crippen LogP contribution is 2.22. The number of nitrogens with two attached hydrogens (primary N) is 1. The molecule has 0 aliphatic carbocycles. The van der Waals surface area contributed by atoms with Crippen LogP contribution in [0, 0.1) is 0 Å². The molecule has 0 bridgehead atoms. The van der Waals surface area contributed by atoms with E-state index >= 15 is 0 Å². The van der Waals surface area contributed by atoms with Crippen molar-refractivity contribution in [2.75, 3.05) is 18.0 Å². The molecule has 3 N–H and O–H groups in total. The number of rotatable bonds is 7. The van der Waals surface area contributed by atoms with Gasteiger partial charge in [0.25, 0.3) is 5.91 Å². The molecule has 168 valence electrons. The lowest BCUT2D eigenvalue weighted by Gasteiger charge is -2.26. The molecule has 1 fully saturated rings. The Morgan fingerprint density at radius 2 is 1.76 bits per heavy atom. The van der Waals surface area contributed by atoms with Crippen LogP contribution in [0.15, 0.2) is 60.8 Å². The van der Waals surface area contributed by atoms with Gasteiger partial charge in [0, 0.05) is 42.4 Å². The molecule has 33 heavy (non-hydrogen) atoms. The average Bonchev–Trinajstić information content (AvgIpc) is 2.84. The fourth-order valence-corrected chi connectivity index (χ4v) is 3.76. The second kappa shape index (κ2) is 10.0. The van der Waals surface area contributed by atoms with Gasteiger partial charge in [-0.25, -0.2) is 9.97 Å². The Morgan fingerprint density at radius 1 is 1.00 bits per heavy atom. The summed E-state index contributed by atoms with van der Waals surface area (Å²) in [6.45, 7) is 0.570. The molecule has 2 aromatic carbocycles. The molecule has 0 saturated carbocycles. The predicted molar refractivity (Wildman–Crippen MR) is 124 cm³/mol. The van der Waals surface area contributed by atoms with E-state index in [0.717, 1.165) is 41.9 Å². The van der Waals surface area contributed by atoms with Crippen molar-refractivity contribution in [3.8, 4) is 11.3 Å². The zero-order valence-electron chi connectivity index (χ0n) is 18.2. The van der Waals surface area contributed by atoms with Crippen LogP contribution in [0.2, 0.25) is 0 Å². The van der Waals surface area contributed by atoms with Gasteiger partial charge in [-0.1, -0.05) is 24.3 Å². The summed E-state index contributed by atoms with van der Waals surface area (Å²) in [5, 5.41) is 2.46. The molecule has 3 aromatic rings. The Morgan fingerprint density at radius 3 is 2.45 bits per heavy atom. The number of carbonyl (C=O) groups excluding carboxylic acids is 3. The van der Waals surface area contributed by atoms with E-state index in [1.54, 1.807) is 30.5 Å². The number of carbonyl (C=O) groups is 3. The van der Waals surface area contributed by atoms with Crippen LogP contribution in [0.3, 0.4) is 0 Å². The predicted octanol–water partition coefficient (Wildman–Crippen LogP) is 2.47. The Hall–Kier alpha value is -4.07. The number of nitrogens with one attached hydrogen (secondary N) is 1. The van der Waals surface area contributed by atoms with Crippen molar-refractivity contribution in [3.05, 3.63) is 77.7 Å². The number of benzene rings is 2.